The number of anilines is 3. The van der Waals surface area contributed by atoms with E-state index < -0.39 is 5.97 Å². The minimum absolute atomic E-state index is 0.0366. The quantitative estimate of drug-likeness (QED) is 0.637. The van der Waals surface area contributed by atoms with E-state index in [1.807, 2.05) is 0 Å². The van der Waals surface area contributed by atoms with Gasteiger partial charge in [0, 0.05) is 7.05 Å². The Labute approximate surface area is 137 Å². The van der Waals surface area contributed by atoms with Crippen LogP contribution in [0.2, 0.25) is 0 Å². The smallest absolute Gasteiger partial charge is 0.337 e. The number of carboxylic acids is 1. The standard InChI is InChI=1S/C15H15N7O2/c1-22(10-5-3-2-4-9(10)14(23)24)7-8-6-18-13-11(19-8)12(16)20-15(17)21-13/h2-6H,7H2,1H3,(H,23,24)(H4,16,17,18,20,21). The number of carbonyl (C=O) groups is 1. The van der Waals surface area contributed by atoms with Crippen molar-refractivity contribution in [1.82, 2.24) is 19.9 Å². The lowest BCUT2D eigenvalue weighted by Gasteiger charge is -2.20. The highest BCUT2D eigenvalue weighted by molar-refractivity contribution is 5.94. The van der Waals surface area contributed by atoms with Gasteiger partial charge in [-0.05, 0) is 12.1 Å². The third kappa shape index (κ3) is 2.86. The first-order chi connectivity index (χ1) is 11.5. The van der Waals surface area contributed by atoms with Crippen LogP contribution in [0, 0.1) is 0 Å². The summed E-state index contributed by atoms with van der Waals surface area (Å²) in [5, 5.41) is 9.28. The second-order valence-electron chi connectivity index (χ2n) is 5.18. The summed E-state index contributed by atoms with van der Waals surface area (Å²) < 4.78 is 0. The monoisotopic (exact) mass is 325 g/mol. The van der Waals surface area contributed by atoms with Crippen LogP contribution in [0.5, 0.6) is 0 Å². The lowest BCUT2D eigenvalue weighted by atomic mass is 10.1. The molecule has 3 rings (SSSR count). The number of fused-ring (bicyclic) bond motifs is 1. The molecule has 0 radical (unpaired) electrons. The molecule has 122 valence electrons. The van der Waals surface area contributed by atoms with E-state index in [0.29, 0.717) is 29.1 Å². The Morgan fingerprint density at radius 2 is 1.96 bits per heavy atom. The number of nitrogens with zero attached hydrogens (tertiary/aromatic N) is 5. The highest BCUT2D eigenvalue weighted by Crippen LogP contribution is 2.21. The van der Waals surface area contributed by atoms with Gasteiger partial charge in [-0.15, -0.1) is 0 Å². The fourth-order valence-electron chi connectivity index (χ4n) is 2.37. The van der Waals surface area contributed by atoms with Gasteiger partial charge in [0.25, 0.3) is 0 Å². The molecule has 5 N–H and O–H groups in total. The number of carboxylic acid groups (broad SMARTS) is 1. The summed E-state index contributed by atoms with van der Waals surface area (Å²) in [6.45, 7) is 0.344. The first-order valence-electron chi connectivity index (χ1n) is 7.04. The zero-order chi connectivity index (χ0) is 17.3. The number of hydrogen-bond donors (Lipinski definition) is 3. The number of aromatic carboxylic acids is 1. The van der Waals surface area contributed by atoms with Crippen LogP contribution < -0.4 is 16.4 Å². The average molecular weight is 325 g/mol. The molecule has 9 nitrogen and oxygen atoms in total. The van der Waals surface area contributed by atoms with E-state index in [2.05, 4.69) is 19.9 Å². The van der Waals surface area contributed by atoms with Crippen molar-refractivity contribution in [3.63, 3.8) is 0 Å². The van der Waals surface area contributed by atoms with E-state index >= 15 is 0 Å². The summed E-state index contributed by atoms with van der Waals surface area (Å²) in [6.07, 6.45) is 1.55. The summed E-state index contributed by atoms with van der Waals surface area (Å²) in [5.74, 6) is -0.801. The lowest BCUT2D eigenvalue weighted by Crippen LogP contribution is -2.20. The van der Waals surface area contributed by atoms with Gasteiger partial charge < -0.3 is 21.5 Å². The Morgan fingerprint density at radius 3 is 2.71 bits per heavy atom. The van der Waals surface area contributed by atoms with Crippen molar-refractivity contribution >= 4 is 34.6 Å². The molecule has 1 aromatic carbocycles. The molecule has 3 aromatic rings. The van der Waals surface area contributed by atoms with Gasteiger partial charge in [-0.2, -0.15) is 9.97 Å². The van der Waals surface area contributed by atoms with Crippen LogP contribution in [0.25, 0.3) is 11.2 Å². The summed E-state index contributed by atoms with van der Waals surface area (Å²) in [6, 6.07) is 6.74. The minimum atomic E-state index is -0.991. The molecule has 0 atom stereocenters. The van der Waals surface area contributed by atoms with E-state index in [-0.39, 0.29) is 17.3 Å². The Hall–Kier alpha value is -3.49. The Balaban J connectivity index is 1.94. The second kappa shape index (κ2) is 5.95. The molecule has 0 saturated carbocycles. The number of nitrogens with two attached hydrogens (primary N) is 2. The number of rotatable bonds is 4. The molecule has 0 aliphatic carbocycles. The molecular weight excluding hydrogens is 310 g/mol. The van der Waals surface area contributed by atoms with Crippen LogP contribution in [0.1, 0.15) is 16.1 Å². The predicted molar refractivity (Wildman–Crippen MR) is 89.5 cm³/mol. The van der Waals surface area contributed by atoms with Gasteiger partial charge in [-0.25, -0.2) is 14.8 Å². The van der Waals surface area contributed by atoms with E-state index in [1.54, 1.807) is 42.4 Å². The third-order valence-corrected chi connectivity index (χ3v) is 3.45. The maximum atomic E-state index is 11.3. The minimum Gasteiger partial charge on any atom is -0.478 e. The molecule has 0 fully saturated rings. The van der Waals surface area contributed by atoms with Crippen molar-refractivity contribution < 1.29 is 9.90 Å². The largest absolute Gasteiger partial charge is 0.478 e. The molecular formula is C15H15N7O2. The van der Waals surface area contributed by atoms with E-state index in [1.165, 1.54) is 0 Å². The summed E-state index contributed by atoms with van der Waals surface area (Å²) in [5.41, 5.74) is 13.4. The van der Waals surface area contributed by atoms with Crippen LogP contribution in [0.15, 0.2) is 30.5 Å². The molecule has 0 spiro atoms. The lowest BCUT2D eigenvalue weighted by molar-refractivity contribution is 0.0697. The Kier molecular flexibility index (Phi) is 3.82. The topological polar surface area (TPSA) is 144 Å². The zero-order valence-electron chi connectivity index (χ0n) is 12.8. The number of benzene rings is 1. The van der Waals surface area contributed by atoms with Crippen LogP contribution in [0.3, 0.4) is 0 Å². The van der Waals surface area contributed by atoms with E-state index in [4.69, 9.17) is 11.5 Å². The van der Waals surface area contributed by atoms with Crippen LogP contribution in [-0.2, 0) is 6.54 Å². The molecule has 2 heterocycles. The Bertz CT molecular complexity index is 929. The maximum absolute atomic E-state index is 11.3. The highest BCUT2D eigenvalue weighted by Gasteiger charge is 2.14. The molecule has 0 saturated heterocycles. The van der Waals surface area contributed by atoms with Crippen molar-refractivity contribution in [3.8, 4) is 0 Å². The summed E-state index contributed by atoms with van der Waals surface area (Å²) in [4.78, 5) is 29.5. The SMILES string of the molecule is CN(Cc1cnc2nc(N)nc(N)c2n1)c1ccccc1C(=O)O. The number of hydrogen-bond acceptors (Lipinski definition) is 8. The predicted octanol–water partition coefficient (Wildman–Crippen LogP) is 0.919. The van der Waals surface area contributed by atoms with Gasteiger partial charge in [0.2, 0.25) is 5.95 Å². The van der Waals surface area contributed by atoms with Crippen LogP contribution in [-0.4, -0.2) is 38.1 Å². The van der Waals surface area contributed by atoms with E-state index in [0.717, 1.165) is 0 Å². The van der Waals surface area contributed by atoms with E-state index in [9.17, 15) is 9.90 Å². The summed E-state index contributed by atoms with van der Waals surface area (Å²) >= 11 is 0. The van der Waals surface area contributed by atoms with Gasteiger partial charge in [-0.1, -0.05) is 12.1 Å². The van der Waals surface area contributed by atoms with Gasteiger partial charge in [0.15, 0.2) is 17.0 Å². The molecule has 2 aromatic heterocycles. The molecule has 0 aliphatic heterocycles. The van der Waals surface area contributed by atoms with Gasteiger partial charge in [-0.3, -0.25) is 0 Å². The first-order valence-corrected chi connectivity index (χ1v) is 7.04. The van der Waals surface area contributed by atoms with Crippen molar-refractivity contribution in [2.24, 2.45) is 0 Å². The highest BCUT2D eigenvalue weighted by atomic mass is 16.4. The fraction of sp³-hybridized carbons (Fsp3) is 0.133. The normalized spacial score (nSPS) is 10.7. The zero-order valence-corrected chi connectivity index (χ0v) is 12.8. The molecule has 0 bridgehead atoms. The Morgan fingerprint density at radius 1 is 1.21 bits per heavy atom. The third-order valence-electron chi connectivity index (χ3n) is 3.45. The number of aromatic nitrogens is 4. The van der Waals surface area contributed by atoms with Gasteiger partial charge in [0.05, 0.1) is 29.7 Å². The second-order valence-corrected chi connectivity index (χ2v) is 5.18. The van der Waals surface area contributed by atoms with Crippen molar-refractivity contribution in [3.05, 3.63) is 41.7 Å². The van der Waals surface area contributed by atoms with Crippen molar-refractivity contribution in [2.45, 2.75) is 6.54 Å². The molecule has 0 amide bonds. The van der Waals surface area contributed by atoms with Crippen molar-refractivity contribution in [1.29, 1.82) is 0 Å². The number of nitrogen functional groups attached to an aromatic ring is 2. The average Bonchev–Trinajstić information content (AvgIpc) is 2.55. The van der Waals surface area contributed by atoms with Gasteiger partial charge in [0.1, 0.15) is 0 Å². The van der Waals surface area contributed by atoms with Crippen LogP contribution >= 0.6 is 0 Å². The number of para-hydroxylation sites is 1. The van der Waals surface area contributed by atoms with Gasteiger partial charge >= 0.3 is 5.97 Å². The fourth-order valence-corrected chi connectivity index (χ4v) is 2.37. The summed E-state index contributed by atoms with van der Waals surface area (Å²) in [7, 11) is 1.77. The molecule has 24 heavy (non-hydrogen) atoms. The molecule has 0 unspecified atom stereocenters. The molecule has 9 heteroatoms. The maximum Gasteiger partial charge on any atom is 0.337 e. The molecule has 0 aliphatic rings. The van der Waals surface area contributed by atoms with Crippen molar-refractivity contribution in [2.75, 3.05) is 23.4 Å². The first kappa shape index (κ1) is 15.4. The van der Waals surface area contributed by atoms with Crippen LogP contribution in [0.4, 0.5) is 17.5 Å².